The number of allylic oxidation sites excluding steroid dienone is 1. The number of hydrogen-bond donors (Lipinski definition) is 3. The van der Waals surface area contributed by atoms with Gasteiger partial charge in [-0.1, -0.05) is 26.0 Å². The van der Waals surface area contributed by atoms with E-state index in [9.17, 15) is 14.7 Å². The second kappa shape index (κ2) is 8.74. The Morgan fingerprint density at radius 1 is 1.29 bits per heavy atom. The van der Waals surface area contributed by atoms with Crippen LogP contribution in [0, 0.1) is 11.8 Å². The fourth-order valence-corrected chi connectivity index (χ4v) is 3.96. The molecule has 2 aromatic heterocycles. The highest BCUT2D eigenvalue weighted by Gasteiger charge is 2.30. The first-order valence-electron chi connectivity index (χ1n) is 11.0. The molecule has 1 aliphatic carbocycles. The maximum absolute atomic E-state index is 13.4. The molecule has 1 saturated heterocycles. The van der Waals surface area contributed by atoms with Gasteiger partial charge in [0.2, 0.25) is 5.88 Å². The fraction of sp³-hybridized carbons (Fsp3) is 0.591. The van der Waals surface area contributed by atoms with E-state index in [0.29, 0.717) is 23.9 Å². The highest BCUT2D eigenvalue weighted by molar-refractivity contribution is 5.97. The number of nitrogens with zero attached hydrogens (tertiary/aromatic N) is 3. The lowest BCUT2D eigenvalue weighted by Gasteiger charge is -2.18. The summed E-state index contributed by atoms with van der Waals surface area (Å²) in [6.07, 6.45) is 7.75. The van der Waals surface area contributed by atoms with Crippen LogP contribution in [0.4, 0.5) is 5.82 Å². The molecule has 0 spiro atoms. The maximum atomic E-state index is 13.4. The summed E-state index contributed by atoms with van der Waals surface area (Å²) in [6, 6.07) is 0.0732. The Balaban J connectivity index is 1.88. The number of carbonyl (C=O) groups excluding carboxylic acids is 1. The summed E-state index contributed by atoms with van der Waals surface area (Å²) in [7, 11) is 1.75. The van der Waals surface area contributed by atoms with E-state index < -0.39 is 17.3 Å². The van der Waals surface area contributed by atoms with Gasteiger partial charge in [-0.25, -0.2) is 0 Å². The van der Waals surface area contributed by atoms with E-state index in [2.05, 4.69) is 21.8 Å². The van der Waals surface area contributed by atoms with Crippen molar-refractivity contribution in [3.63, 3.8) is 0 Å². The van der Waals surface area contributed by atoms with Gasteiger partial charge in [0.15, 0.2) is 17.0 Å². The minimum atomic E-state index is -0.551. The van der Waals surface area contributed by atoms with Gasteiger partial charge >= 0.3 is 0 Å². The number of aromatic hydroxyl groups is 1. The summed E-state index contributed by atoms with van der Waals surface area (Å²) in [5.41, 5.74) is 0.438. The van der Waals surface area contributed by atoms with Crippen molar-refractivity contribution >= 4 is 23.4 Å². The highest BCUT2D eigenvalue weighted by atomic mass is 16.5. The molecule has 2 aromatic rings. The molecule has 0 bridgehead atoms. The third-order valence-corrected chi connectivity index (χ3v) is 5.76. The van der Waals surface area contributed by atoms with Gasteiger partial charge in [-0.2, -0.15) is 4.52 Å². The van der Waals surface area contributed by atoms with E-state index in [1.165, 1.54) is 4.52 Å². The number of fused-ring (bicyclic) bond motifs is 1. The van der Waals surface area contributed by atoms with Crippen LogP contribution in [0.3, 0.4) is 0 Å². The van der Waals surface area contributed by atoms with Gasteiger partial charge in [-0.05, 0) is 37.5 Å². The molecule has 3 heterocycles. The molecule has 0 radical (unpaired) electrons. The lowest BCUT2D eigenvalue weighted by molar-refractivity contribution is 0.0787. The van der Waals surface area contributed by atoms with Crippen LogP contribution >= 0.6 is 0 Å². The standard InChI is InChI=1S/C22H31N5O4/c1-13(2)12-26-20-16(7-4-14-8-10-31-11-9-14)18(23-3)25-27(20)22(30)17(21(26)29)19(28)24-15-5-6-15/h4,7,13-15,30H,5-6,8-12H2,1-3H3,(H,23,25)(H,24,28)/b7-4+. The average Bonchev–Trinajstić information content (AvgIpc) is 3.47. The average molecular weight is 430 g/mol. The molecule has 4 rings (SSSR count). The normalized spacial score (nSPS) is 17.7. The molecule has 0 unspecified atom stereocenters. The number of carbonyl (C=O) groups is 1. The van der Waals surface area contributed by atoms with Gasteiger partial charge in [0.05, 0.1) is 5.56 Å². The van der Waals surface area contributed by atoms with Gasteiger partial charge < -0.3 is 20.5 Å². The van der Waals surface area contributed by atoms with E-state index in [1.54, 1.807) is 11.6 Å². The second-order valence-corrected chi connectivity index (χ2v) is 8.81. The van der Waals surface area contributed by atoms with Crippen molar-refractivity contribution < 1.29 is 14.6 Å². The van der Waals surface area contributed by atoms with Crippen LogP contribution in [-0.4, -0.2) is 51.5 Å². The molecule has 1 aliphatic heterocycles. The Kier molecular flexibility index (Phi) is 6.04. The Labute approximate surface area is 181 Å². The molecule has 168 valence electrons. The Morgan fingerprint density at radius 2 is 2.00 bits per heavy atom. The van der Waals surface area contributed by atoms with Crippen LogP contribution in [0.2, 0.25) is 0 Å². The van der Waals surface area contributed by atoms with Crippen molar-refractivity contribution in [3.05, 3.63) is 27.6 Å². The molecule has 2 aliphatic rings. The van der Waals surface area contributed by atoms with Crippen LogP contribution in [-0.2, 0) is 11.3 Å². The van der Waals surface area contributed by atoms with Crippen molar-refractivity contribution in [2.45, 2.75) is 52.1 Å². The molecule has 1 amide bonds. The lowest BCUT2D eigenvalue weighted by Crippen LogP contribution is -2.36. The summed E-state index contributed by atoms with van der Waals surface area (Å²) in [5, 5.41) is 21.2. The van der Waals surface area contributed by atoms with E-state index in [0.717, 1.165) is 44.5 Å². The highest BCUT2D eigenvalue weighted by Crippen LogP contribution is 2.29. The Hall–Kier alpha value is -2.81. The number of amides is 1. The first kappa shape index (κ1) is 21.4. The van der Waals surface area contributed by atoms with Gasteiger partial charge in [-0.3, -0.25) is 14.2 Å². The predicted molar refractivity (Wildman–Crippen MR) is 119 cm³/mol. The summed E-state index contributed by atoms with van der Waals surface area (Å²) in [6.45, 7) is 5.89. The van der Waals surface area contributed by atoms with Crippen molar-refractivity contribution in [3.8, 4) is 5.88 Å². The van der Waals surface area contributed by atoms with Crippen LogP contribution in [0.15, 0.2) is 10.9 Å². The summed E-state index contributed by atoms with van der Waals surface area (Å²) < 4.78 is 8.30. The zero-order valence-electron chi connectivity index (χ0n) is 18.4. The van der Waals surface area contributed by atoms with Crippen LogP contribution < -0.4 is 16.2 Å². The number of aromatic nitrogens is 3. The second-order valence-electron chi connectivity index (χ2n) is 8.81. The van der Waals surface area contributed by atoms with Crippen molar-refractivity contribution in [1.82, 2.24) is 19.5 Å². The number of ether oxygens (including phenoxy) is 1. The molecular weight excluding hydrogens is 398 g/mol. The quantitative estimate of drug-likeness (QED) is 0.623. The maximum Gasteiger partial charge on any atom is 0.270 e. The summed E-state index contributed by atoms with van der Waals surface area (Å²) in [5.74, 6) is 0.0994. The molecule has 9 heteroatoms. The monoisotopic (exact) mass is 429 g/mol. The zero-order chi connectivity index (χ0) is 22.1. The van der Waals surface area contributed by atoms with Gasteiger partial charge in [-0.15, -0.1) is 5.10 Å². The predicted octanol–water partition coefficient (Wildman–Crippen LogP) is 2.23. The van der Waals surface area contributed by atoms with E-state index in [4.69, 9.17) is 4.74 Å². The molecule has 0 aromatic carbocycles. The van der Waals surface area contributed by atoms with Gasteiger partial charge in [0, 0.05) is 32.8 Å². The molecule has 31 heavy (non-hydrogen) atoms. The molecule has 9 nitrogen and oxygen atoms in total. The third-order valence-electron chi connectivity index (χ3n) is 5.76. The van der Waals surface area contributed by atoms with Crippen molar-refractivity contribution in [2.24, 2.45) is 11.8 Å². The zero-order valence-corrected chi connectivity index (χ0v) is 18.4. The van der Waals surface area contributed by atoms with Crippen molar-refractivity contribution in [2.75, 3.05) is 25.6 Å². The Bertz CT molecular complexity index is 1060. The molecule has 0 atom stereocenters. The molecule has 2 fully saturated rings. The molecule has 1 saturated carbocycles. The molecule has 3 N–H and O–H groups in total. The van der Waals surface area contributed by atoms with Crippen LogP contribution in [0.5, 0.6) is 5.88 Å². The Morgan fingerprint density at radius 3 is 2.61 bits per heavy atom. The first-order valence-corrected chi connectivity index (χ1v) is 11.0. The first-order chi connectivity index (χ1) is 14.9. The van der Waals surface area contributed by atoms with E-state index >= 15 is 0 Å². The van der Waals surface area contributed by atoms with Gasteiger partial charge in [0.1, 0.15) is 0 Å². The van der Waals surface area contributed by atoms with E-state index in [-0.39, 0.29) is 17.5 Å². The SMILES string of the molecule is CNc1nn2c(O)c(C(=O)NC3CC3)c(=O)n(CC(C)C)c2c1/C=C/C1CCOCC1. The van der Waals surface area contributed by atoms with Gasteiger partial charge in [0.25, 0.3) is 11.5 Å². The van der Waals surface area contributed by atoms with Crippen molar-refractivity contribution in [1.29, 1.82) is 0 Å². The smallest absolute Gasteiger partial charge is 0.270 e. The number of hydrogen-bond acceptors (Lipinski definition) is 6. The summed E-state index contributed by atoms with van der Waals surface area (Å²) >= 11 is 0. The number of nitrogens with one attached hydrogen (secondary N) is 2. The topological polar surface area (TPSA) is 110 Å². The minimum Gasteiger partial charge on any atom is -0.492 e. The largest absolute Gasteiger partial charge is 0.492 e. The van der Waals surface area contributed by atoms with Crippen LogP contribution in [0.1, 0.15) is 55.5 Å². The van der Waals surface area contributed by atoms with Crippen LogP contribution in [0.25, 0.3) is 11.7 Å². The third kappa shape index (κ3) is 4.32. The lowest BCUT2D eigenvalue weighted by atomic mass is 9.99. The summed E-state index contributed by atoms with van der Waals surface area (Å²) in [4.78, 5) is 26.1. The number of anilines is 1. The minimum absolute atomic E-state index is 0.0732. The molecular formula is C22H31N5O4. The number of rotatable bonds is 7. The van der Waals surface area contributed by atoms with E-state index in [1.807, 2.05) is 19.9 Å². The fourth-order valence-electron chi connectivity index (χ4n) is 3.96.